The van der Waals surface area contributed by atoms with Gasteiger partial charge < -0.3 is 0 Å². The van der Waals surface area contributed by atoms with Crippen molar-refractivity contribution in [1.82, 2.24) is 0 Å². The Morgan fingerprint density at radius 2 is 1.07 bits per heavy atom. The summed E-state index contributed by atoms with van der Waals surface area (Å²) in [5.41, 5.74) is 0.908. The van der Waals surface area contributed by atoms with Crippen LogP contribution in [0.15, 0.2) is 29.2 Å². The van der Waals surface area contributed by atoms with Crippen molar-refractivity contribution < 1.29 is 13.0 Å². The Bertz CT molecular complexity index is 667. The quantitative estimate of drug-likeness (QED) is 0.281. The SMILES string of the molecule is CC(C)CC(CC(C)C)P(c1ccccc1S(=O)(=O)O)C(CC(C)C)CC(C)C. The van der Waals surface area contributed by atoms with Gasteiger partial charge in [-0.2, -0.15) is 8.42 Å². The Labute approximate surface area is 181 Å². The minimum absolute atomic E-state index is 0.126. The lowest BCUT2D eigenvalue weighted by Gasteiger charge is -2.39. The van der Waals surface area contributed by atoms with E-state index in [1.54, 1.807) is 12.1 Å². The molecule has 0 unspecified atom stereocenters. The minimum Gasteiger partial charge on any atom is -0.282 e. The summed E-state index contributed by atoms with van der Waals surface area (Å²) in [6, 6.07) is 7.21. The van der Waals surface area contributed by atoms with Crippen molar-refractivity contribution in [2.75, 3.05) is 0 Å². The number of hydrogen-bond donors (Lipinski definition) is 1. The van der Waals surface area contributed by atoms with Crippen LogP contribution in [0.3, 0.4) is 0 Å². The lowest BCUT2D eigenvalue weighted by Crippen LogP contribution is -2.29. The van der Waals surface area contributed by atoms with Crippen LogP contribution < -0.4 is 5.30 Å². The van der Waals surface area contributed by atoms with Crippen molar-refractivity contribution in [3.05, 3.63) is 24.3 Å². The van der Waals surface area contributed by atoms with Gasteiger partial charge >= 0.3 is 0 Å². The first-order chi connectivity index (χ1) is 13.3. The predicted octanol–water partition coefficient (Wildman–Crippen LogP) is 6.96. The number of hydrogen-bond acceptors (Lipinski definition) is 2. The highest BCUT2D eigenvalue weighted by Crippen LogP contribution is 2.54. The van der Waals surface area contributed by atoms with Crippen LogP contribution in [-0.4, -0.2) is 24.3 Å². The van der Waals surface area contributed by atoms with Crippen LogP contribution in [0.2, 0.25) is 0 Å². The van der Waals surface area contributed by atoms with Gasteiger partial charge in [0.1, 0.15) is 4.90 Å². The van der Waals surface area contributed by atoms with Gasteiger partial charge in [-0.15, -0.1) is 0 Å². The average Bonchev–Trinajstić information content (AvgIpc) is 2.52. The standard InChI is InChI=1S/C24H43O3PS/c1-17(2)13-21(14-18(3)4)28(22(15-19(5)6)16-20(7)8)23-11-9-10-12-24(23)29(25,26)27/h9-12,17-22H,13-16H2,1-8H3,(H,25,26,27). The smallest absolute Gasteiger partial charge is 0.282 e. The van der Waals surface area contributed by atoms with Gasteiger partial charge in [-0.3, -0.25) is 4.55 Å². The normalized spacial score (nSPS) is 13.2. The van der Waals surface area contributed by atoms with E-state index in [2.05, 4.69) is 55.4 Å². The fraction of sp³-hybridized carbons (Fsp3) is 0.750. The highest BCUT2D eigenvalue weighted by atomic mass is 32.2. The molecule has 0 aliphatic carbocycles. The zero-order valence-electron chi connectivity index (χ0n) is 19.7. The van der Waals surface area contributed by atoms with Crippen molar-refractivity contribution in [1.29, 1.82) is 0 Å². The van der Waals surface area contributed by atoms with Gasteiger partial charge in [-0.05, 0) is 72.0 Å². The third-order valence-electron chi connectivity index (χ3n) is 5.18. The largest absolute Gasteiger partial charge is 0.295 e. The van der Waals surface area contributed by atoms with Crippen LogP contribution in [0.25, 0.3) is 0 Å². The fourth-order valence-corrected chi connectivity index (χ4v) is 10.2. The molecule has 0 aliphatic heterocycles. The Hall–Kier alpha value is -0.440. The second-order valence-corrected chi connectivity index (χ2v) is 14.3. The summed E-state index contributed by atoms with van der Waals surface area (Å²) < 4.78 is 34.5. The van der Waals surface area contributed by atoms with Crippen LogP contribution in [-0.2, 0) is 10.1 Å². The van der Waals surface area contributed by atoms with E-state index >= 15 is 0 Å². The lowest BCUT2D eigenvalue weighted by molar-refractivity contribution is 0.464. The minimum atomic E-state index is -4.24. The van der Waals surface area contributed by atoms with Crippen LogP contribution in [0.1, 0.15) is 81.1 Å². The van der Waals surface area contributed by atoms with E-state index in [0.29, 0.717) is 35.0 Å². The van der Waals surface area contributed by atoms with Gasteiger partial charge in [0.05, 0.1) is 0 Å². The number of rotatable bonds is 12. The van der Waals surface area contributed by atoms with E-state index in [4.69, 9.17) is 0 Å². The van der Waals surface area contributed by atoms with E-state index in [1.807, 2.05) is 12.1 Å². The first-order valence-electron chi connectivity index (χ1n) is 11.2. The first-order valence-corrected chi connectivity index (χ1v) is 14.1. The van der Waals surface area contributed by atoms with Crippen molar-refractivity contribution >= 4 is 23.3 Å². The molecule has 1 aromatic rings. The maximum absolute atomic E-state index is 12.3. The maximum atomic E-state index is 12.3. The van der Waals surface area contributed by atoms with Crippen molar-refractivity contribution in [3.63, 3.8) is 0 Å². The molecule has 0 aliphatic rings. The molecule has 5 heteroatoms. The third kappa shape index (κ3) is 9.07. The molecule has 0 aromatic heterocycles. The predicted molar refractivity (Wildman–Crippen MR) is 128 cm³/mol. The molecule has 0 bridgehead atoms. The molecule has 0 fully saturated rings. The van der Waals surface area contributed by atoms with Crippen LogP contribution >= 0.6 is 7.92 Å². The Balaban J connectivity index is 3.66. The van der Waals surface area contributed by atoms with Crippen molar-refractivity contribution in [2.24, 2.45) is 23.7 Å². The summed E-state index contributed by atoms with van der Waals surface area (Å²) in [4.78, 5) is 0.126. The Kier molecular flexibility index (Phi) is 10.8. The van der Waals surface area contributed by atoms with Crippen molar-refractivity contribution in [2.45, 2.75) is 97.3 Å². The van der Waals surface area contributed by atoms with E-state index < -0.39 is 18.0 Å². The zero-order valence-corrected chi connectivity index (χ0v) is 21.4. The van der Waals surface area contributed by atoms with E-state index in [0.717, 1.165) is 31.0 Å². The van der Waals surface area contributed by atoms with Gasteiger partial charge in [0.25, 0.3) is 10.1 Å². The van der Waals surface area contributed by atoms with E-state index in [9.17, 15) is 13.0 Å². The Morgan fingerprint density at radius 1 is 0.724 bits per heavy atom. The maximum Gasteiger partial charge on any atom is 0.295 e. The summed E-state index contributed by atoms with van der Waals surface area (Å²) >= 11 is 0. The first kappa shape index (κ1) is 26.6. The molecule has 1 N–H and O–H groups in total. The van der Waals surface area contributed by atoms with Gasteiger partial charge in [-0.1, -0.05) is 81.5 Å². The van der Waals surface area contributed by atoms with E-state index in [1.165, 1.54) is 0 Å². The molecule has 168 valence electrons. The van der Waals surface area contributed by atoms with Crippen molar-refractivity contribution in [3.8, 4) is 0 Å². The van der Waals surface area contributed by atoms with Gasteiger partial charge in [0, 0.05) is 0 Å². The summed E-state index contributed by atoms with van der Waals surface area (Å²) in [6.45, 7) is 18.1. The molecule has 0 atom stereocenters. The summed E-state index contributed by atoms with van der Waals surface area (Å²) in [6.07, 6.45) is 4.37. The highest BCUT2D eigenvalue weighted by molar-refractivity contribution is 7.86. The topological polar surface area (TPSA) is 54.4 Å². The molecule has 29 heavy (non-hydrogen) atoms. The molecular weight excluding hydrogens is 399 g/mol. The molecule has 0 saturated carbocycles. The van der Waals surface area contributed by atoms with Crippen LogP contribution in [0.5, 0.6) is 0 Å². The third-order valence-corrected chi connectivity index (χ3v) is 9.61. The molecule has 1 rings (SSSR count). The zero-order chi connectivity index (χ0) is 22.4. The average molecular weight is 443 g/mol. The summed E-state index contributed by atoms with van der Waals surface area (Å²) in [5.74, 6) is 2.22. The number of benzene rings is 1. The highest BCUT2D eigenvalue weighted by Gasteiger charge is 2.35. The molecule has 3 nitrogen and oxygen atoms in total. The van der Waals surface area contributed by atoms with Gasteiger partial charge in [-0.25, -0.2) is 0 Å². The molecule has 0 heterocycles. The molecule has 0 saturated heterocycles. The second-order valence-electron chi connectivity index (χ2n) is 10.2. The fourth-order valence-electron chi connectivity index (χ4n) is 4.40. The molecule has 1 aromatic carbocycles. The summed E-state index contributed by atoms with van der Waals surface area (Å²) in [7, 11) is -4.98. The lowest BCUT2D eigenvalue weighted by atomic mass is 9.99. The molecule has 0 amide bonds. The second kappa shape index (κ2) is 11.8. The van der Waals surface area contributed by atoms with Gasteiger partial charge in [0.15, 0.2) is 0 Å². The molecule has 0 radical (unpaired) electrons. The van der Waals surface area contributed by atoms with Crippen LogP contribution in [0.4, 0.5) is 0 Å². The monoisotopic (exact) mass is 442 g/mol. The molecular formula is C24H43O3PS. The summed E-state index contributed by atoms with van der Waals surface area (Å²) in [5, 5.41) is 0.877. The molecule has 0 spiro atoms. The van der Waals surface area contributed by atoms with E-state index in [-0.39, 0.29) is 4.90 Å². The Morgan fingerprint density at radius 3 is 1.38 bits per heavy atom. The van der Waals surface area contributed by atoms with Crippen LogP contribution in [0, 0.1) is 23.7 Å². The van der Waals surface area contributed by atoms with Gasteiger partial charge in [0.2, 0.25) is 0 Å².